The lowest BCUT2D eigenvalue weighted by Crippen LogP contribution is -2.31. The Morgan fingerprint density at radius 2 is 1.47 bits per heavy atom. The highest BCUT2D eigenvalue weighted by Gasteiger charge is 2.21. The topological polar surface area (TPSA) is 187 Å². The highest BCUT2D eigenvalue weighted by molar-refractivity contribution is 7.16. The number of unbranched alkanes of at least 4 members (excludes halogenated alkanes) is 10. The normalized spacial score (nSPS) is 11.9. The van der Waals surface area contributed by atoms with Crippen molar-refractivity contribution in [3.8, 4) is 12.1 Å². The minimum Gasteiger partial charge on any atom is -0.481 e. The first-order valence-corrected chi connectivity index (χ1v) is 21.2. The number of rotatable bonds is 33. The monoisotopic (exact) mass is 809 g/mol. The Kier molecular flexibility index (Phi) is 26.5. The van der Waals surface area contributed by atoms with Gasteiger partial charge in [-0.05, 0) is 62.4 Å². The lowest BCUT2D eigenvalue weighted by atomic mass is 10.0. The maximum atomic E-state index is 12.4. The molecule has 1 atom stereocenters. The molecule has 314 valence electrons. The van der Waals surface area contributed by atoms with Crippen LogP contribution >= 0.6 is 11.3 Å². The van der Waals surface area contributed by atoms with Gasteiger partial charge in [-0.2, -0.15) is 10.5 Å². The number of ether oxygens (including phenoxy) is 4. The van der Waals surface area contributed by atoms with Crippen LogP contribution in [0.5, 0.6) is 0 Å². The second kappa shape index (κ2) is 30.9. The quantitative estimate of drug-likeness (QED) is 0.0303. The Labute approximate surface area is 343 Å². The summed E-state index contributed by atoms with van der Waals surface area (Å²) >= 11 is 1.13. The van der Waals surface area contributed by atoms with Gasteiger partial charge in [-0.3, -0.25) is 9.59 Å². The molecule has 2 rings (SSSR count). The van der Waals surface area contributed by atoms with Crippen LogP contribution in [0.25, 0.3) is 0 Å². The first-order chi connectivity index (χ1) is 27.7. The molecule has 0 aliphatic carbocycles. The fourth-order valence-corrected chi connectivity index (χ4v) is 6.81. The van der Waals surface area contributed by atoms with Gasteiger partial charge in [-0.25, -0.2) is 0 Å². The predicted molar refractivity (Wildman–Crippen MR) is 223 cm³/mol. The second-order valence-electron chi connectivity index (χ2n) is 13.8. The number of carboxylic acid groups (broad SMARTS) is 1. The van der Waals surface area contributed by atoms with Crippen molar-refractivity contribution in [3.63, 3.8) is 0 Å². The van der Waals surface area contributed by atoms with Crippen molar-refractivity contribution in [1.82, 2.24) is 0 Å². The molecule has 1 unspecified atom stereocenters. The standard InChI is InChI=1S/C43H63N5O8S/c1-4-5-6-7-8-9-10-11-12-13-14-15-16-17-36(43(51)52)31-41(50)56-29-28-54-24-21-48(20-23-53-26-27-55-25-22-49)37-18-19-39(34(2)30-37)46-47-42-38(32-44)35(3)40(33-45)57-42/h15-16,18-19,30,36,49H,4-14,17,20-29,31H2,1-3H3,(H,51,52)/b16-15+,47-46?. The van der Waals surface area contributed by atoms with Gasteiger partial charge in [0, 0.05) is 18.8 Å². The number of anilines is 1. The lowest BCUT2D eigenvalue weighted by molar-refractivity contribution is -0.152. The number of benzene rings is 1. The summed E-state index contributed by atoms with van der Waals surface area (Å²) in [6.07, 6.45) is 17.6. The summed E-state index contributed by atoms with van der Waals surface area (Å²) in [7, 11) is 0. The van der Waals surface area contributed by atoms with Crippen molar-refractivity contribution in [2.24, 2.45) is 16.1 Å². The molecule has 0 spiro atoms. The van der Waals surface area contributed by atoms with E-state index in [0.29, 0.717) is 66.2 Å². The third kappa shape index (κ3) is 20.7. The van der Waals surface area contributed by atoms with Crippen LogP contribution < -0.4 is 4.90 Å². The Hall–Kier alpha value is -4.18. The van der Waals surface area contributed by atoms with Crippen LogP contribution in [0.4, 0.5) is 16.4 Å². The molecule has 14 heteroatoms. The number of carbonyl (C=O) groups excluding carboxylic acids is 1. The van der Waals surface area contributed by atoms with Crippen molar-refractivity contribution >= 4 is 39.7 Å². The number of esters is 1. The van der Waals surface area contributed by atoms with Gasteiger partial charge in [0.25, 0.3) is 0 Å². The molecule has 57 heavy (non-hydrogen) atoms. The molecular formula is C43H63N5O8S. The number of azo groups is 1. The first kappa shape index (κ1) is 49.0. The Morgan fingerprint density at radius 3 is 2.07 bits per heavy atom. The summed E-state index contributed by atoms with van der Waals surface area (Å²) in [5, 5.41) is 46.4. The van der Waals surface area contributed by atoms with Crippen molar-refractivity contribution in [2.45, 2.75) is 104 Å². The number of hydrogen-bond acceptors (Lipinski definition) is 13. The van der Waals surface area contributed by atoms with Gasteiger partial charge in [0.15, 0.2) is 5.00 Å². The maximum Gasteiger partial charge on any atom is 0.307 e. The van der Waals surface area contributed by atoms with E-state index in [2.05, 4.69) is 34.2 Å². The van der Waals surface area contributed by atoms with Crippen molar-refractivity contribution in [1.29, 1.82) is 10.5 Å². The molecule has 13 nitrogen and oxygen atoms in total. The summed E-state index contributed by atoms with van der Waals surface area (Å²) in [6, 6.07) is 9.92. The van der Waals surface area contributed by atoms with Gasteiger partial charge < -0.3 is 34.1 Å². The van der Waals surface area contributed by atoms with Crippen molar-refractivity contribution in [3.05, 3.63) is 51.9 Å². The zero-order valence-corrected chi connectivity index (χ0v) is 35.0. The molecule has 0 aliphatic heterocycles. The number of aryl methyl sites for hydroxylation is 1. The van der Waals surface area contributed by atoms with Crippen LogP contribution in [0, 0.1) is 42.4 Å². The minimum absolute atomic E-state index is 0.0165. The number of nitrogens with zero attached hydrogens (tertiary/aromatic N) is 5. The van der Waals surface area contributed by atoms with Gasteiger partial charge in [0.1, 0.15) is 23.6 Å². The summed E-state index contributed by atoms with van der Waals surface area (Å²) < 4.78 is 22.1. The average Bonchev–Trinajstić information content (AvgIpc) is 3.52. The first-order valence-electron chi connectivity index (χ1n) is 20.3. The van der Waals surface area contributed by atoms with Crippen LogP contribution in [0.2, 0.25) is 0 Å². The van der Waals surface area contributed by atoms with Crippen LogP contribution in [-0.2, 0) is 28.5 Å². The second-order valence-corrected chi connectivity index (χ2v) is 14.8. The number of aliphatic hydroxyl groups is 1. The number of allylic oxidation sites excluding steroid dienone is 2. The molecule has 2 N–H and O–H groups in total. The van der Waals surface area contributed by atoms with E-state index in [1.54, 1.807) is 6.92 Å². The molecule has 0 fully saturated rings. The molecular weight excluding hydrogens is 747 g/mol. The van der Waals surface area contributed by atoms with E-state index in [9.17, 15) is 25.2 Å². The smallest absolute Gasteiger partial charge is 0.307 e. The molecule has 0 saturated heterocycles. The van der Waals surface area contributed by atoms with E-state index in [4.69, 9.17) is 24.1 Å². The number of aliphatic hydroxyl groups excluding tert-OH is 1. The molecule has 0 bridgehead atoms. The number of nitriles is 2. The number of aliphatic carboxylic acids is 1. The third-order valence-corrected chi connectivity index (χ3v) is 10.4. The van der Waals surface area contributed by atoms with E-state index >= 15 is 0 Å². The van der Waals surface area contributed by atoms with Crippen molar-refractivity contribution < 1.29 is 38.7 Å². The summed E-state index contributed by atoms with van der Waals surface area (Å²) in [6.45, 7) is 8.79. The largest absolute Gasteiger partial charge is 0.481 e. The van der Waals surface area contributed by atoms with Crippen LogP contribution in [-0.4, -0.2) is 88.1 Å². The predicted octanol–water partition coefficient (Wildman–Crippen LogP) is 9.26. The molecule has 1 heterocycles. The SMILES string of the molecule is CCCCCCCCCCCC/C=C/CC(CC(=O)OCCOCCN(CCOCCOCCO)c1ccc(N=Nc2sc(C#N)c(C)c2C#N)c(C)c1)C(=O)O. The molecule has 0 amide bonds. The van der Waals surface area contributed by atoms with E-state index in [-0.39, 0.29) is 39.3 Å². The lowest BCUT2D eigenvalue weighted by Gasteiger charge is -2.25. The van der Waals surface area contributed by atoms with Gasteiger partial charge in [0.05, 0.1) is 69.8 Å². The van der Waals surface area contributed by atoms with Gasteiger partial charge in [-0.1, -0.05) is 76.9 Å². The van der Waals surface area contributed by atoms with Crippen LogP contribution in [0.1, 0.15) is 112 Å². The molecule has 0 aliphatic rings. The molecule has 2 aromatic rings. The van der Waals surface area contributed by atoms with E-state index in [0.717, 1.165) is 35.4 Å². The Morgan fingerprint density at radius 1 is 0.842 bits per heavy atom. The molecule has 1 aromatic carbocycles. The summed E-state index contributed by atoms with van der Waals surface area (Å²) in [5.41, 5.74) is 3.32. The molecule has 1 aromatic heterocycles. The number of carbonyl (C=O) groups is 2. The molecule has 0 radical (unpaired) electrons. The van der Waals surface area contributed by atoms with E-state index in [1.807, 2.05) is 37.3 Å². The van der Waals surface area contributed by atoms with E-state index < -0.39 is 17.9 Å². The van der Waals surface area contributed by atoms with Gasteiger partial charge in [-0.15, -0.1) is 21.6 Å². The highest BCUT2D eigenvalue weighted by atomic mass is 32.1. The maximum absolute atomic E-state index is 12.4. The zero-order chi connectivity index (χ0) is 41.5. The van der Waals surface area contributed by atoms with E-state index in [1.165, 1.54) is 57.8 Å². The fourth-order valence-electron chi connectivity index (χ4n) is 5.94. The average molecular weight is 810 g/mol. The van der Waals surface area contributed by atoms with Crippen LogP contribution in [0.3, 0.4) is 0 Å². The number of carboxylic acids is 1. The van der Waals surface area contributed by atoms with Crippen LogP contribution in [0.15, 0.2) is 40.6 Å². The zero-order valence-electron chi connectivity index (χ0n) is 34.2. The summed E-state index contributed by atoms with van der Waals surface area (Å²) in [4.78, 5) is 26.8. The summed E-state index contributed by atoms with van der Waals surface area (Å²) in [5.74, 6) is -2.41. The fraction of sp³-hybridized carbons (Fsp3) is 0.628. The number of thiophene rings is 1. The van der Waals surface area contributed by atoms with Crippen molar-refractivity contribution in [2.75, 3.05) is 70.8 Å². The Bertz CT molecular complexity index is 1600. The highest BCUT2D eigenvalue weighted by Crippen LogP contribution is 2.36. The minimum atomic E-state index is -1.01. The Balaban J connectivity index is 1.80. The molecule has 0 saturated carbocycles. The number of hydrogen-bond donors (Lipinski definition) is 2. The third-order valence-electron chi connectivity index (χ3n) is 9.32. The van der Waals surface area contributed by atoms with Gasteiger partial charge in [0.2, 0.25) is 0 Å². The van der Waals surface area contributed by atoms with Gasteiger partial charge >= 0.3 is 11.9 Å².